The third kappa shape index (κ3) is 6.04. The van der Waals surface area contributed by atoms with Crippen LogP contribution < -0.4 is 10.1 Å². The largest absolute Gasteiger partial charge is 0.481 e. The van der Waals surface area contributed by atoms with Gasteiger partial charge in [0.05, 0.1) is 18.1 Å². The maximum Gasteiger partial charge on any atom is 0.329 e. The molecular formula is C29H32FN4O7PS. The molecule has 0 radical (unpaired) electrons. The summed E-state index contributed by atoms with van der Waals surface area (Å²) in [7, 11) is -2.81. The molecular weight excluding hydrogens is 598 g/mol. The molecule has 14 heteroatoms. The van der Waals surface area contributed by atoms with Gasteiger partial charge in [0, 0.05) is 47.6 Å². The number of likely N-dealkylation sites (tertiary alicyclic amines) is 1. The minimum atomic E-state index is -4.23. The number of ether oxygens (including phenoxy) is 1. The number of fused-ring (bicyclic) bond motifs is 2. The van der Waals surface area contributed by atoms with Gasteiger partial charge in [-0.1, -0.05) is 6.07 Å². The van der Waals surface area contributed by atoms with Crippen LogP contribution in [0.5, 0.6) is 5.88 Å². The summed E-state index contributed by atoms with van der Waals surface area (Å²) < 4.78 is 31.7. The maximum absolute atomic E-state index is 14.5. The molecule has 3 aliphatic heterocycles. The first-order chi connectivity index (χ1) is 20.5. The number of nitrogens with one attached hydrogen (secondary N) is 1. The number of aromatic nitrogens is 1. The van der Waals surface area contributed by atoms with Crippen molar-refractivity contribution in [3.8, 4) is 5.88 Å². The Kier molecular flexibility index (Phi) is 8.01. The quantitative estimate of drug-likeness (QED) is 0.337. The van der Waals surface area contributed by atoms with E-state index in [-0.39, 0.29) is 35.8 Å². The van der Waals surface area contributed by atoms with E-state index in [1.54, 1.807) is 34.1 Å². The Labute approximate surface area is 251 Å². The van der Waals surface area contributed by atoms with Crippen LogP contribution in [0.2, 0.25) is 0 Å². The SMILES string of the molecule is COc1cc(F)c(C2CN(C(=O)[C@@H]3CC[C@@H]4CCC[C@H](NC(=O)c5cc6cc(CP(=O)(O)O)ccc6s5)C(=O)N43)C2)cn1. The van der Waals surface area contributed by atoms with E-state index in [0.717, 1.165) is 17.5 Å². The van der Waals surface area contributed by atoms with Crippen molar-refractivity contribution in [2.75, 3.05) is 20.2 Å². The van der Waals surface area contributed by atoms with Crippen LogP contribution in [0.1, 0.15) is 58.8 Å². The van der Waals surface area contributed by atoms with Gasteiger partial charge in [-0.3, -0.25) is 18.9 Å². The first-order valence-electron chi connectivity index (χ1n) is 14.2. The van der Waals surface area contributed by atoms with Crippen LogP contribution in [0.25, 0.3) is 10.1 Å². The van der Waals surface area contributed by atoms with E-state index in [4.69, 9.17) is 4.74 Å². The number of methoxy groups -OCH3 is 1. The molecule has 3 amide bonds. The van der Waals surface area contributed by atoms with Gasteiger partial charge in [0.2, 0.25) is 17.7 Å². The summed E-state index contributed by atoms with van der Waals surface area (Å²) in [6, 6.07) is 6.44. The average Bonchev–Trinajstić information content (AvgIpc) is 3.51. The Morgan fingerprint density at radius 3 is 2.67 bits per heavy atom. The first-order valence-corrected chi connectivity index (χ1v) is 16.8. The number of hydrogen-bond acceptors (Lipinski definition) is 7. The number of hydrogen-bond donors (Lipinski definition) is 3. The molecule has 3 aliphatic rings. The lowest BCUT2D eigenvalue weighted by Crippen LogP contribution is -2.58. The predicted molar refractivity (Wildman–Crippen MR) is 156 cm³/mol. The van der Waals surface area contributed by atoms with Gasteiger partial charge in [0.25, 0.3) is 5.91 Å². The number of carbonyl (C=O) groups excluding carboxylic acids is 3. The fourth-order valence-corrected chi connectivity index (χ4v) is 8.03. The van der Waals surface area contributed by atoms with Crippen LogP contribution in [0.15, 0.2) is 36.5 Å². The highest BCUT2D eigenvalue weighted by Gasteiger charge is 2.47. The van der Waals surface area contributed by atoms with E-state index >= 15 is 0 Å². The third-order valence-corrected chi connectivity index (χ3v) is 10.5. The smallest absolute Gasteiger partial charge is 0.329 e. The summed E-state index contributed by atoms with van der Waals surface area (Å²) in [5.74, 6) is -1.24. The number of benzene rings is 1. The van der Waals surface area contributed by atoms with E-state index in [0.29, 0.717) is 53.7 Å². The summed E-state index contributed by atoms with van der Waals surface area (Å²) in [4.78, 5) is 66.9. The topological polar surface area (TPSA) is 149 Å². The minimum Gasteiger partial charge on any atom is -0.481 e. The van der Waals surface area contributed by atoms with E-state index in [1.165, 1.54) is 30.7 Å². The third-order valence-electron chi connectivity index (χ3n) is 8.57. The summed E-state index contributed by atoms with van der Waals surface area (Å²) >= 11 is 1.24. The second kappa shape index (κ2) is 11.6. The zero-order valence-electron chi connectivity index (χ0n) is 23.4. The van der Waals surface area contributed by atoms with Crippen LogP contribution >= 0.6 is 18.9 Å². The van der Waals surface area contributed by atoms with Crippen LogP contribution in [0.4, 0.5) is 4.39 Å². The monoisotopic (exact) mass is 630 g/mol. The van der Waals surface area contributed by atoms with Crippen molar-refractivity contribution >= 4 is 46.7 Å². The molecule has 228 valence electrons. The highest BCUT2D eigenvalue weighted by Crippen LogP contribution is 2.40. The summed E-state index contributed by atoms with van der Waals surface area (Å²) in [6.07, 6.45) is 4.25. The van der Waals surface area contributed by atoms with Crippen molar-refractivity contribution in [3.63, 3.8) is 0 Å². The molecule has 0 aliphatic carbocycles. The second-order valence-electron chi connectivity index (χ2n) is 11.4. The van der Waals surface area contributed by atoms with Crippen LogP contribution in [0, 0.1) is 5.82 Å². The van der Waals surface area contributed by atoms with Crippen LogP contribution in [-0.4, -0.2) is 80.6 Å². The number of rotatable bonds is 7. The highest BCUT2D eigenvalue weighted by molar-refractivity contribution is 7.50. The highest BCUT2D eigenvalue weighted by atomic mass is 32.1. The molecule has 43 heavy (non-hydrogen) atoms. The Bertz CT molecular complexity index is 1640. The number of nitrogens with zero attached hydrogens (tertiary/aromatic N) is 3. The van der Waals surface area contributed by atoms with Crippen molar-refractivity contribution in [3.05, 3.63) is 58.3 Å². The summed E-state index contributed by atoms with van der Waals surface area (Å²) in [5.41, 5.74) is 0.904. The van der Waals surface area contributed by atoms with Gasteiger partial charge in [-0.25, -0.2) is 9.37 Å². The van der Waals surface area contributed by atoms with Gasteiger partial charge >= 0.3 is 7.60 Å². The molecule has 1 aromatic carbocycles. The Morgan fingerprint density at radius 2 is 1.95 bits per heavy atom. The molecule has 3 N–H and O–H groups in total. The average molecular weight is 631 g/mol. The zero-order valence-corrected chi connectivity index (χ0v) is 25.2. The molecule has 3 atom stereocenters. The predicted octanol–water partition coefficient (Wildman–Crippen LogP) is 3.39. The van der Waals surface area contributed by atoms with E-state index < -0.39 is 31.4 Å². The number of amides is 3. The summed E-state index contributed by atoms with van der Waals surface area (Å²) in [5, 5.41) is 3.58. The summed E-state index contributed by atoms with van der Waals surface area (Å²) in [6.45, 7) is 0.684. The van der Waals surface area contributed by atoms with E-state index in [9.17, 15) is 33.1 Å². The van der Waals surface area contributed by atoms with Crippen molar-refractivity contribution in [2.45, 2.75) is 62.3 Å². The first kappa shape index (κ1) is 29.7. The van der Waals surface area contributed by atoms with Crippen LogP contribution in [-0.2, 0) is 20.3 Å². The second-order valence-corrected chi connectivity index (χ2v) is 14.2. The molecule has 2 aromatic heterocycles. The van der Waals surface area contributed by atoms with E-state index in [2.05, 4.69) is 10.3 Å². The molecule has 5 heterocycles. The minimum absolute atomic E-state index is 0.0690. The van der Waals surface area contributed by atoms with Gasteiger partial charge in [-0.2, -0.15) is 0 Å². The van der Waals surface area contributed by atoms with Gasteiger partial charge in [0.15, 0.2) is 0 Å². The van der Waals surface area contributed by atoms with Gasteiger partial charge in [-0.15, -0.1) is 11.3 Å². The lowest BCUT2D eigenvalue weighted by atomic mass is 9.91. The zero-order chi connectivity index (χ0) is 30.5. The molecule has 0 bridgehead atoms. The number of thiophene rings is 1. The molecule has 6 rings (SSSR count). The fourth-order valence-electron chi connectivity index (χ4n) is 6.41. The standard InChI is InChI=1S/C29H32FN4O7PS/c1-41-26-11-21(30)20(12-31-26)18-13-33(14-18)29(37)23-7-6-19-3-2-4-22(28(36)34(19)23)32-27(35)25-10-17-9-16(15-42(38,39)40)5-8-24(17)43-25/h5,8-12,18-19,22-23H,2-4,6-7,13-15H2,1H3,(H,32,35)(H2,38,39,40)/t19-,22-,23-/m0/s1. The molecule has 3 saturated heterocycles. The van der Waals surface area contributed by atoms with Gasteiger partial charge in [0.1, 0.15) is 17.9 Å². The molecule has 0 saturated carbocycles. The van der Waals surface area contributed by atoms with Crippen molar-refractivity contribution in [2.24, 2.45) is 0 Å². The van der Waals surface area contributed by atoms with Crippen molar-refractivity contribution in [1.29, 1.82) is 0 Å². The number of carbonyl (C=O) groups is 3. The lowest BCUT2D eigenvalue weighted by Gasteiger charge is -2.42. The molecule has 3 fully saturated rings. The Balaban J connectivity index is 1.12. The maximum atomic E-state index is 14.5. The Morgan fingerprint density at radius 1 is 1.16 bits per heavy atom. The van der Waals surface area contributed by atoms with Crippen LogP contribution in [0.3, 0.4) is 0 Å². The molecule has 11 nitrogen and oxygen atoms in total. The normalized spacial score (nSPS) is 22.7. The molecule has 0 spiro atoms. The molecule has 0 unspecified atom stereocenters. The van der Waals surface area contributed by atoms with Crippen molar-refractivity contribution in [1.82, 2.24) is 20.1 Å². The van der Waals surface area contributed by atoms with Gasteiger partial charge < -0.3 is 29.6 Å². The van der Waals surface area contributed by atoms with Gasteiger partial charge in [-0.05, 0) is 61.3 Å². The lowest BCUT2D eigenvalue weighted by molar-refractivity contribution is -0.148. The van der Waals surface area contributed by atoms with E-state index in [1.807, 2.05) is 0 Å². The molecule has 3 aromatic rings. The fraction of sp³-hybridized carbons (Fsp3) is 0.448. The number of halogens is 1. The Hall–Kier alpha value is -3.38. The number of pyridine rings is 1. The van der Waals surface area contributed by atoms with Crippen molar-refractivity contribution < 1.29 is 37.9 Å².